The summed E-state index contributed by atoms with van der Waals surface area (Å²) < 4.78 is 4.86. The minimum atomic E-state index is -0.706. The number of carbonyl (C=O) groups is 2. The summed E-state index contributed by atoms with van der Waals surface area (Å²) in [6, 6.07) is 2.07. The zero-order valence-corrected chi connectivity index (χ0v) is 14.7. The maximum Gasteiger partial charge on any atom is 0.324 e. The molecule has 0 radical (unpaired) electrons. The molecule has 0 spiro atoms. The number of halogens is 1. The van der Waals surface area contributed by atoms with E-state index in [1.54, 1.807) is 9.80 Å². The van der Waals surface area contributed by atoms with Crippen LogP contribution in [0.2, 0.25) is 0 Å². The van der Waals surface area contributed by atoms with Crippen molar-refractivity contribution in [3.63, 3.8) is 0 Å². The standard InChI is InChI=1S/C13H18N4O5S.ClH/c1-22-8-9(14)12(18)15-4-6-16(7-5-15)13(19)10-2-3-11(23-10)17(20)21;/h2-3,9H,4-8,14H2,1H3;1H. The summed E-state index contributed by atoms with van der Waals surface area (Å²) in [4.78, 5) is 38.0. The van der Waals surface area contributed by atoms with Gasteiger partial charge in [0.25, 0.3) is 5.91 Å². The Labute approximate surface area is 148 Å². The van der Waals surface area contributed by atoms with Crippen molar-refractivity contribution in [1.29, 1.82) is 0 Å². The second kappa shape index (κ2) is 8.92. The lowest BCUT2D eigenvalue weighted by Gasteiger charge is -2.35. The Morgan fingerprint density at radius 3 is 2.42 bits per heavy atom. The van der Waals surface area contributed by atoms with E-state index in [9.17, 15) is 19.7 Å². The fourth-order valence-electron chi connectivity index (χ4n) is 2.31. The zero-order chi connectivity index (χ0) is 17.0. The molecule has 9 nitrogen and oxygen atoms in total. The van der Waals surface area contributed by atoms with Crippen LogP contribution >= 0.6 is 23.7 Å². The van der Waals surface area contributed by atoms with Crippen molar-refractivity contribution < 1.29 is 19.2 Å². The predicted molar refractivity (Wildman–Crippen MR) is 90.6 cm³/mol. The maximum absolute atomic E-state index is 12.3. The van der Waals surface area contributed by atoms with Crippen molar-refractivity contribution in [2.24, 2.45) is 5.73 Å². The molecular weight excluding hydrogens is 360 g/mol. The molecule has 2 N–H and O–H groups in total. The van der Waals surface area contributed by atoms with Crippen molar-refractivity contribution in [2.45, 2.75) is 6.04 Å². The number of piperazine rings is 1. The Morgan fingerprint density at radius 2 is 1.92 bits per heavy atom. The predicted octanol–water partition coefficient (Wildman–Crippen LogP) is 0.336. The van der Waals surface area contributed by atoms with Gasteiger partial charge in [-0.1, -0.05) is 11.3 Å². The Morgan fingerprint density at radius 1 is 1.33 bits per heavy atom. The number of ether oxygens (including phenoxy) is 1. The highest BCUT2D eigenvalue weighted by atomic mass is 35.5. The van der Waals surface area contributed by atoms with Crippen LogP contribution in [-0.4, -0.2) is 72.5 Å². The molecule has 0 bridgehead atoms. The van der Waals surface area contributed by atoms with Crippen LogP contribution in [0, 0.1) is 10.1 Å². The van der Waals surface area contributed by atoms with Crippen LogP contribution in [0.5, 0.6) is 0 Å². The fourth-order valence-corrected chi connectivity index (χ4v) is 3.10. The highest BCUT2D eigenvalue weighted by molar-refractivity contribution is 7.17. The molecule has 0 saturated carbocycles. The van der Waals surface area contributed by atoms with Crippen LogP contribution in [0.3, 0.4) is 0 Å². The van der Waals surface area contributed by atoms with E-state index in [0.29, 0.717) is 31.1 Å². The molecule has 1 aromatic rings. The monoisotopic (exact) mass is 378 g/mol. The SMILES string of the molecule is COCC(N)C(=O)N1CCN(C(=O)c2ccc([N+](=O)[O-])s2)CC1.Cl. The lowest BCUT2D eigenvalue weighted by Crippen LogP contribution is -2.55. The molecule has 134 valence electrons. The van der Waals surface area contributed by atoms with Gasteiger partial charge in [-0.15, -0.1) is 12.4 Å². The summed E-state index contributed by atoms with van der Waals surface area (Å²) >= 11 is 0.854. The number of thiophene rings is 1. The first-order valence-corrected chi connectivity index (χ1v) is 7.82. The number of methoxy groups -OCH3 is 1. The third kappa shape index (κ3) is 4.63. The van der Waals surface area contributed by atoms with Gasteiger partial charge in [-0.25, -0.2) is 0 Å². The zero-order valence-electron chi connectivity index (χ0n) is 13.0. The minimum Gasteiger partial charge on any atom is -0.383 e. The number of carbonyl (C=O) groups excluding carboxylic acids is 2. The Hall–Kier alpha value is -1.75. The van der Waals surface area contributed by atoms with Crippen molar-refractivity contribution in [3.05, 3.63) is 27.1 Å². The van der Waals surface area contributed by atoms with Crippen LogP contribution in [0.25, 0.3) is 0 Å². The van der Waals surface area contributed by atoms with E-state index in [-0.39, 0.29) is 35.8 Å². The molecule has 1 aromatic heterocycles. The molecular formula is C13H19ClN4O5S. The molecule has 2 amide bonds. The van der Waals surface area contributed by atoms with Gasteiger partial charge in [0.2, 0.25) is 5.91 Å². The lowest BCUT2D eigenvalue weighted by atomic mass is 10.2. The van der Waals surface area contributed by atoms with E-state index in [1.165, 1.54) is 19.2 Å². The second-order valence-electron chi connectivity index (χ2n) is 5.07. The molecule has 0 aliphatic carbocycles. The van der Waals surface area contributed by atoms with Gasteiger partial charge in [0.05, 0.1) is 16.4 Å². The van der Waals surface area contributed by atoms with Gasteiger partial charge >= 0.3 is 5.00 Å². The highest BCUT2D eigenvalue weighted by Gasteiger charge is 2.28. The number of nitro groups is 1. The molecule has 1 atom stereocenters. The van der Waals surface area contributed by atoms with E-state index in [4.69, 9.17) is 10.5 Å². The third-order valence-electron chi connectivity index (χ3n) is 3.52. The molecule has 2 heterocycles. The number of amides is 2. The largest absolute Gasteiger partial charge is 0.383 e. The second-order valence-corrected chi connectivity index (χ2v) is 6.14. The van der Waals surface area contributed by atoms with E-state index in [0.717, 1.165) is 11.3 Å². The number of hydrogen-bond donors (Lipinski definition) is 1. The molecule has 2 rings (SSSR count). The molecule has 24 heavy (non-hydrogen) atoms. The first kappa shape index (κ1) is 20.3. The molecule has 1 aliphatic rings. The molecule has 1 unspecified atom stereocenters. The lowest BCUT2D eigenvalue weighted by molar-refractivity contribution is -0.380. The smallest absolute Gasteiger partial charge is 0.324 e. The van der Waals surface area contributed by atoms with Gasteiger partial charge in [-0.3, -0.25) is 19.7 Å². The Balaban J connectivity index is 0.00000288. The van der Waals surface area contributed by atoms with Crippen molar-refractivity contribution in [1.82, 2.24) is 9.80 Å². The average Bonchev–Trinajstić information content (AvgIpc) is 3.04. The van der Waals surface area contributed by atoms with E-state index >= 15 is 0 Å². The van der Waals surface area contributed by atoms with Crippen LogP contribution in [-0.2, 0) is 9.53 Å². The van der Waals surface area contributed by atoms with Crippen molar-refractivity contribution >= 4 is 40.6 Å². The topological polar surface area (TPSA) is 119 Å². The van der Waals surface area contributed by atoms with Crippen LogP contribution in [0.4, 0.5) is 5.00 Å². The minimum absolute atomic E-state index is 0. The Kier molecular flexibility index (Phi) is 7.55. The summed E-state index contributed by atoms with van der Waals surface area (Å²) in [5.41, 5.74) is 5.72. The van der Waals surface area contributed by atoms with Crippen LogP contribution in [0.15, 0.2) is 12.1 Å². The van der Waals surface area contributed by atoms with Crippen LogP contribution < -0.4 is 5.73 Å². The number of hydrogen-bond acceptors (Lipinski definition) is 7. The van der Waals surface area contributed by atoms with E-state index < -0.39 is 11.0 Å². The molecule has 0 aromatic carbocycles. The highest BCUT2D eigenvalue weighted by Crippen LogP contribution is 2.25. The summed E-state index contributed by atoms with van der Waals surface area (Å²) in [6.45, 7) is 1.66. The van der Waals surface area contributed by atoms with Gasteiger partial charge in [-0.05, 0) is 6.07 Å². The summed E-state index contributed by atoms with van der Waals surface area (Å²) in [7, 11) is 1.48. The Bertz CT molecular complexity index is 603. The average molecular weight is 379 g/mol. The maximum atomic E-state index is 12.3. The molecule has 1 fully saturated rings. The fraction of sp³-hybridized carbons (Fsp3) is 0.538. The number of rotatable bonds is 5. The first-order valence-electron chi connectivity index (χ1n) is 7.01. The molecule has 11 heteroatoms. The quantitative estimate of drug-likeness (QED) is 0.582. The van der Waals surface area contributed by atoms with Crippen molar-refractivity contribution in [2.75, 3.05) is 39.9 Å². The normalized spacial score (nSPS) is 15.6. The van der Waals surface area contributed by atoms with Gasteiger partial charge in [0.1, 0.15) is 6.04 Å². The summed E-state index contributed by atoms with van der Waals surface area (Å²) in [5, 5.41) is 10.6. The van der Waals surface area contributed by atoms with Gasteiger partial charge in [0, 0.05) is 39.4 Å². The van der Waals surface area contributed by atoms with Gasteiger partial charge in [-0.2, -0.15) is 0 Å². The van der Waals surface area contributed by atoms with Crippen molar-refractivity contribution in [3.8, 4) is 0 Å². The molecule has 1 saturated heterocycles. The van der Waals surface area contributed by atoms with Crippen LogP contribution in [0.1, 0.15) is 9.67 Å². The molecule has 1 aliphatic heterocycles. The first-order chi connectivity index (χ1) is 10.9. The van der Waals surface area contributed by atoms with E-state index in [2.05, 4.69) is 0 Å². The number of nitrogens with zero attached hydrogens (tertiary/aromatic N) is 3. The van der Waals surface area contributed by atoms with Gasteiger partial charge < -0.3 is 20.3 Å². The summed E-state index contributed by atoms with van der Waals surface area (Å²) in [5.74, 6) is -0.456. The van der Waals surface area contributed by atoms with E-state index in [1.807, 2.05) is 0 Å². The third-order valence-corrected chi connectivity index (χ3v) is 4.55. The number of nitrogens with two attached hydrogens (primary N) is 1. The van der Waals surface area contributed by atoms with Gasteiger partial charge in [0.15, 0.2) is 0 Å². The summed E-state index contributed by atoms with van der Waals surface area (Å²) in [6.07, 6.45) is 0.